The van der Waals surface area contributed by atoms with Gasteiger partial charge in [-0.25, -0.2) is 22.0 Å². The van der Waals surface area contributed by atoms with Gasteiger partial charge < -0.3 is 8.85 Å². The Morgan fingerprint density at radius 3 is 1.18 bits per heavy atom. The molecule has 0 aromatic heterocycles. The molecule has 0 saturated heterocycles. The van der Waals surface area contributed by atoms with E-state index in [4.69, 9.17) is 0 Å². The minimum Gasteiger partial charge on any atom is -0.396 e. The van der Waals surface area contributed by atoms with Gasteiger partial charge in [0.2, 0.25) is 12.0 Å². The van der Waals surface area contributed by atoms with Gasteiger partial charge in [-0.15, -0.1) is 0 Å². The molecule has 0 saturated carbocycles. The quantitative estimate of drug-likeness (QED) is 0.191. The Hall–Kier alpha value is -1.05. The second-order valence-electron chi connectivity index (χ2n) is 6.66. The highest BCUT2D eigenvalue weighted by atomic mass is 28.4. The van der Waals surface area contributed by atoms with Crippen molar-refractivity contribution in [1.29, 1.82) is 0 Å². The van der Waals surface area contributed by atoms with Gasteiger partial charge in [0, 0.05) is 14.2 Å². The van der Waals surface area contributed by atoms with Crippen molar-refractivity contribution in [1.82, 2.24) is 0 Å². The molecule has 0 spiro atoms. The van der Waals surface area contributed by atoms with E-state index < -0.39 is 74.7 Å². The van der Waals surface area contributed by atoms with E-state index in [0.717, 1.165) is 6.92 Å². The molecule has 0 N–H and O–H groups in total. The topological polar surface area (TPSA) is 18.5 Å². The van der Waals surface area contributed by atoms with Crippen LogP contribution >= 0.6 is 0 Å². The minimum absolute atomic E-state index is 0.346. The fourth-order valence-electron chi connectivity index (χ4n) is 2.51. The fourth-order valence-corrected chi connectivity index (χ4v) is 4.76. The summed E-state index contributed by atoms with van der Waals surface area (Å²) >= 11 is 0. The second kappa shape index (κ2) is 9.77. The van der Waals surface area contributed by atoms with Crippen LogP contribution in [0.15, 0.2) is 0 Å². The number of hydrogen-bond donors (Lipinski definition) is 0. The van der Waals surface area contributed by atoms with Gasteiger partial charge in [-0.05, 0) is 6.04 Å². The van der Waals surface area contributed by atoms with E-state index in [-0.39, 0.29) is 0 Å². The Morgan fingerprint density at radius 2 is 0.912 bits per heavy atom. The lowest BCUT2D eigenvalue weighted by Gasteiger charge is -2.43. The molecule has 206 valence electrons. The van der Waals surface area contributed by atoms with Crippen LogP contribution in [-0.2, 0) is 8.85 Å². The van der Waals surface area contributed by atoms with E-state index in [1.165, 1.54) is 0 Å². The van der Waals surface area contributed by atoms with E-state index in [2.05, 4.69) is 8.85 Å². The summed E-state index contributed by atoms with van der Waals surface area (Å²) in [7, 11) is -4.64. The van der Waals surface area contributed by atoms with E-state index in [9.17, 15) is 74.6 Å². The van der Waals surface area contributed by atoms with Crippen LogP contribution in [0.2, 0.25) is 6.04 Å². The van der Waals surface area contributed by atoms with Crippen LogP contribution in [0.5, 0.6) is 0 Å². The van der Waals surface area contributed by atoms with Gasteiger partial charge in [-0.3, -0.25) is 0 Å². The summed E-state index contributed by atoms with van der Waals surface area (Å²) in [5, 5.41) is 0. The van der Waals surface area contributed by atoms with Crippen molar-refractivity contribution in [2.45, 2.75) is 73.1 Å². The molecule has 0 aliphatic rings. The molecule has 0 amide bonds. The van der Waals surface area contributed by atoms with Gasteiger partial charge in [0.25, 0.3) is 6.43 Å². The summed E-state index contributed by atoms with van der Waals surface area (Å²) < 4.78 is 237. The maximum Gasteiger partial charge on any atom is 0.384 e. The SMILES string of the molecule is CC[Si](OC)(OC)C(F)C(F)(F)C(F)(F)C(F)(F)C(F)(F)C(F)(F)C(F)(F)C(F)C(F)C(F)F. The largest absolute Gasteiger partial charge is 0.396 e. The summed E-state index contributed by atoms with van der Waals surface area (Å²) in [4.78, 5) is 0. The lowest BCUT2D eigenvalue weighted by molar-refractivity contribution is -0.432. The standard InChI is InChI=1S/C14H15F17O2Si/c1-4-34(32-2,33-3)8(19)10(22,23)12(26,27)14(30,31)13(28,29)11(24,25)9(20,21)6(16)5(15)7(17)18/h5-8H,4H2,1-3H3. The molecule has 3 unspecified atom stereocenters. The monoisotopic (exact) mass is 566 g/mol. The molecule has 0 bridgehead atoms. The summed E-state index contributed by atoms with van der Waals surface area (Å²) in [5.41, 5.74) is 0. The van der Waals surface area contributed by atoms with E-state index >= 15 is 0 Å². The van der Waals surface area contributed by atoms with Crippen LogP contribution in [0.4, 0.5) is 74.6 Å². The third kappa shape index (κ3) is 4.45. The lowest BCUT2D eigenvalue weighted by atomic mass is 9.89. The Balaban J connectivity index is 6.76. The third-order valence-electron chi connectivity index (χ3n) is 4.78. The molecule has 0 rings (SSSR count). The van der Waals surface area contributed by atoms with Crippen molar-refractivity contribution in [3.63, 3.8) is 0 Å². The second-order valence-corrected chi connectivity index (χ2v) is 10.3. The normalized spacial score (nSPS) is 18.3. The number of alkyl halides is 17. The summed E-state index contributed by atoms with van der Waals surface area (Å²) in [6.07, 6.45) is -15.6. The fraction of sp³-hybridized carbons (Fsp3) is 1.00. The van der Waals surface area contributed by atoms with Crippen LogP contribution in [0.25, 0.3) is 0 Å². The Labute approximate surface area is 180 Å². The smallest absolute Gasteiger partial charge is 0.384 e. The predicted molar refractivity (Wildman–Crippen MR) is 80.6 cm³/mol. The molecule has 0 aliphatic heterocycles. The van der Waals surface area contributed by atoms with Gasteiger partial charge in [-0.1, -0.05) is 6.92 Å². The highest BCUT2D eigenvalue weighted by Gasteiger charge is 2.92. The average Bonchev–Trinajstić information content (AvgIpc) is 2.73. The molecule has 0 aromatic rings. The van der Waals surface area contributed by atoms with E-state index in [1.807, 2.05) is 0 Å². The van der Waals surface area contributed by atoms with Crippen molar-refractivity contribution in [3.05, 3.63) is 0 Å². The average molecular weight is 566 g/mol. The van der Waals surface area contributed by atoms with Crippen LogP contribution in [0.3, 0.4) is 0 Å². The molecule has 0 aliphatic carbocycles. The maximum atomic E-state index is 14.2. The molecular weight excluding hydrogens is 551 g/mol. The Kier molecular flexibility index (Phi) is 9.47. The van der Waals surface area contributed by atoms with Gasteiger partial charge >= 0.3 is 44.1 Å². The number of hydrogen-bond acceptors (Lipinski definition) is 2. The van der Waals surface area contributed by atoms with Crippen LogP contribution in [-0.4, -0.2) is 82.9 Å². The Morgan fingerprint density at radius 1 is 0.588 bits per heavy atom. The molecule has 20 heteroatoms. The molecule has 0 radical (unpaired) electrons. The zero-order chi connectivity index (χ0) is 27.9. The number of rotatable bonds is 13. The zero-order valence-electron chi connectivity index (χ0n) is 16.8. The van der Waals surface area contributed by atoms with Crippen molar-refractivity contribution in [2.75, 3.05) is 14.2 Å². The van der Waals surface area contributed by atoms with Crippen LogP contribution in [0.1, 0.15) is 6.92 Å². The van der Waals surface area contributed by atoms with Crippen molar-refractivity contribution in [2.24, 2.45) is 0 Å². The van der Waals surface area contributed by atoms with Crippen LogP contribution in [0, 0.1) is 0 Å². The summed E-state index contributed by atoms with van der Waals surface area (Å²) in [6, 6.07) is -1.09. The Bertz CT molecular complexity index is 673. The molecule has 3 atom stereocenters. The van der Waals surface area contributed by atoms with Crippen molar-refractivity contribution < 1.29 is 83.5 Å². The number of halogens is 17. The van der Waals surface area contributed by atoms with Gasteiger partial charge in [0.15, 0.2) is 6.17 Å². The van der Waals surface area contributed by atoms with Gasteiger partial charge in [0.05, 0.1) is 0 Å². The first-order valence-electron chi connectivity index (χ1n) is 8.43. The van der Waals surface area contributed by atoms with Gasteiger partial charge in [-0.2, -0.15) is 52.7 Å². The van der Waals surface area contributed by atoms with E-state index in [1.54, 1.807) is 0 Å². The molecule has 34 heavy (non-hydrogen) atoms. The van der Waals surface area contributed by atoms with E-state index in [0.29, 0.717) is 14.2 Å². The highest BCUT2D eigenvalue weighted by molar-refractivity contribution is 6.68. The molecule has 2 nitrogen and oxygen atoms in total. The van der Waals surface area contributed by atoms with Gasteiger partial charge in [0.1, 0.15) is 0 Å². The summed E-state index contributed by atoms with van der Waals surface area (Å²) in [6.45, 7) is 0.721. The third-order valence-corrected chi connectivity index (χ3v) is 8.28. The predicted octanol–water partition coefficient (Wildman–Crippen LogP) is 6.37. The van der Waals surface area contributed by atoms with Crippen LogP contribution < -0.4 is 0 Å². The van der Waals surface area contributed by atoms with Crippen molar-refractivity contribution >= 4 is 8.56 Å². The lowest BCUT2D eigenvalue weighted by Crippen LogP contribution is -2.75. The summed E-state index contributed by atoms with van der Waals surface area (Å²) in [5.74, 6) is -52.3. The molecule has 0 aromatic carbocycles. The molecule has 0 heterocycles. The highest BCUT2D eigenvalue weighted by Crippen LogP contribution is 2.62. The first kappa shape index (κ1) is 32.9. The minimum atomic E-state index is -8.40. The molecule has 0 fully saturated rings. The zero-order valence-corrected chi connectivity index (χ0v) is 17.8. The maximum absolute atomic E-state index is 14.2. The molecular formula is C14H15F17O2Si. The first-order chi connectivity index (χ1) is 14.9. The first-order valence-corrected chi connectivity index (χ1v) is 10.5. The van der Waals surface area contributed by atoms with Crippen molar-refractivity contribution in [3.8, 4) is 0 Å².